The molecule has 0 spiro atoms. The van der Waals surface area contributed by atoms with Crippen LogP contribution in [0.1, 0.15) is 20.7 Å². The predicted molar refractivity (Wildman–Crippen MR) is 105 cm³/mol. The van der Waals surface area contributed by atoms with Gasteiger partial charge in [-0.3, -0.25) is 14.6 Å². The molecule has 0 aliphatic heterocycles. The Morgan fingerprint density at radius 1 is 0.929 bits per heavy atom. The molecule has 2 N–H and O–H groups in total. The molecule has 142 valence electrons. The minimum atomic E-state index is -0.344. The van der Waals surface area contributed by atoms with Crippen LogP contribution in [0.3, 0.4) is 0 Å². The van der Waals surface area contributed by atoms with E-state index in [9.17, 15) is 9.59 Å². The Hall–Kier alpha value is -3.87. The van der Waals surface area contributed by atoms with Crippen molar-refractivity contribution in [1.82, 2.24) is 10.3 Å². The number of rotatable bonds is 6. The molecule has 3 rings (SSSR count). The third-order valence-corrected chi connectivity index (χ3v) is 3.93. The van der Waals surface area contributed by atoms with Crippen LogP contribution in [-0.4, -0.2) is 31.0 Å². The molecule has 7 heteroatoms. The van der Waals surface area contributed by atoms with Crippen molar-refractivity contribution in [1.29, 1.82) is 0 Å². The third-order valence-electron chi connectivity index (χ3n) is 3.93. The van der Waals surface area contributed by atoms with Crippen molar-refractivity contribution in [2.24, 2.45) is 0 Å². The van der Waals surface area contributed by atoms with Gasteiger partial charge in [-0.2, -0.15) is 0 Å². The van der Waals surface area contributed by atoms with Crippen LogP contribution in [-0.2, 0) is 0 Å². The molecule has 0 aliphatic rings. The number of amides is 2. The van der Waals surface area contributed by atoms with E-state index >= 15 is 0 Å². The molecule has 0 bridgehead atoms. The number of methoxy groups -OCH3 is 1. The number of benzene rings is 2. The highest BCUT2D eigenvalue weighted by molar-refractivity contribution is 6.09. The van der Waals surface area contributed by atoms with Crippen LogP contribution in [0.25, 0.3) is 0 Å². The summed E-state index contributed by atoms with van der Waals surface area (Å²) in [6, 6.07) is 15.1. The molecule has 0 aliphatic carbocycles. The topological polar surface area (TPSA) is 89.6 Å². The summed E-state index contributed by atoms with van der Waals surface area (Å²) < 4.78 is 10.8. The first-order valence-corrected chi connectivity index (χ1v) is 8.50. The maximum absolute atomic E-state index is 12.6. The first kappa shape index (κ1) is 18.9. The summed E-state index contributed by atoms with van der Waals surface area (Å²) in [5.74, 6) is 1.04. The molecule has 0 radical (unpaired) electrons. The first-order valence-electron chi connectivity index (χ1n) is 8.50. The van der Waals surface area contributed by atoms with Gasteiger partial charge < -0.3 is 20.1 Å². The largest absolute Gasteiger partial charge is 0.497 e. The number of carbonyl (C=O) groups excluding carboxylic acids is 2. The fraction of sp³-hybridized carbons (Fsp3) is 0.0952. The van der Waals surface area contributed by atoms with Crippen LogP contribution in [0, 0.1) is 0 Å². The number of aromatic nitrogens is 1. The zero-order chi connectivity index (χ0) is 19.9. The molecule has 2 aromatic carbocycles. The number of nitrogens with zero attached hydrogens (tertiary/aromatic N) is 1. The average Bonchev–Trinajstić information content (AvgIpc) is 2.74. The second-order valence-corrected chi connectivity index (χ2v) is 5.76. The molecule has 3 aromatic rings. The van der Waals surface area contributed by atoms with E-state index in [1.54, 1.807) is 67.0 Å². The van der Waals surface area contributed by atoms with Gasteiger partial charge in [0.25, 0.3) is 11.8 Å². The Balaban J connectivity index is 1.75. The zero-order valence-electron chi connectivity index (χ0n) is 15.4. The van der Waals surface area contributed by atoms with E-state index in [0.29, 0.717) is 34.1 Å². The highest BCUT2D eigenvalue weighted by atomic mass is 16.5. The van der Waals surface area contributed by atoms with Crippen LogP contribution in [0.5, 0.6) is 17.2 Å². The molecule has 0 fully saturated rings. The van der Waals surface area contributed by atoms with Crippen molar-refractivity contribution in [2.75, 3.05) is 19.5 Å². The highest BCUT2D eigenvalue weighted by Gasteiger charge is 2.15. The molecule has 0 saturated heterocycles. The van der Waals surface area contributed by atoms with Gasteiger partial charge in [-0.15, -0.1) is 0 Å². The van der Waals surface area contributed by atoms with Gasteiger partial charge in [0.05, 0.1) is 24.6 Å². The number of nitrogens with one attached hydrogen (secondary N) is 2. The van der Waals surface area contributed by atoms with Gasteiger partial charge in [0.15, 0.2) is 0 Å². The van der Waals surface area contributed by atoms with Crippen molar-refractivity contribution >= 4 is 17.5 Å². The standard InChI is InChI=1S/C21H19N3O4/c1-22-21(26)18-12-16(27-2)9-10-19(18)24-20(25)14-5-7-15(8-6-14)28-17-4-3-11-23-13-17/h3-13H,1-2H3,(H,22,26)(H,24,25). The van der Waals surface area contributed by atoms with Gasteiger partial charge in [0, 0.05) is 18.8 Å². The first-order chi connectivity index (χ1) is 13.6. The van der Waals surface area contributed by atoms with Crippen LogP contribution in [0.4, 0.5) is 5.69 Å². The van der Waals surface area contributed by atoms with Gasteiger partial charge in [-0.05, 0) is 54.6 Å². The smallest absolute Gasteiger partial charge is 0.255 e. The lowest BCUT2D eigenvalue weighted by Gasteiger charge is -2.12. The van der Waals surface area contributed by atoms with Crippen LogP contribution >= 0.6 is 0 Å². The van der Waals surface area contributed by atoms with Crippen LogP contribution < -0.4 is 20.1 Å². The summed E-state index contributed by atoms with van der Waals surface area (Å²) >= 11 is 0. The normalized spacial score (nSPS) is 10.1. The molecule has 0 atom stereocenters. The quantitative estimate of drug-likeness (QED) is 0.686. The Kier molecular flexibility index (Phi) is 5.86. The van der Waals surface area contributed by atoms with Crippen LogP contribution in [0.15, 0.2) is 67.0 Å². The Bertz CT molecular complexity index is 973. The number of hydrogen-bond acceptors (Lipinski definition) is 5. The maximum atomic E-state index is 12.6. The lowest BCUT2D eigenvalue weighted by atomic mass is 10.1. The van der Waals surface area contributed by atoms with Crippen LogP contribution in [0.2, 0.25) is 0 Å². The van der Waals surface area contributed by atoms with Crippen molar-refractivity contribution in [3.05, 3.63) is 78.1 Å². The Morgan fingerprint density at radius 3 is 2.32 bits per heavy atom. The summed E-state index contributed by atoms with van der Waals surface area (Å²) in [5, 5.41) is 5.31. The lowest BCUT2D eigenvalue weighted by Crippen LogP contribution is -2.21. The summed E-state index contributed by atoms with van der Waals surface area (Å²) in [7, 11) is 3.03. The highest BCUT2D eigenvalue weighted by Crippen LogP contribution is 2.24. The summed E-state index contributed by atoms with van der Waals surface area (Å²) in [5.41, 5.74) is 1.13. The van der Waals surface area contributed by atoms with Crippen molar-refractivity contribution in [2.45, 2.75) is 0 Å². The second kappa shape index (κ2) is 8.68. The minimum absolute atomic E-state index is 0.312. The van der Waals surface area contributed by atoms with Gasteiger partial charge in [-0.1, -0.05) is 0 Å². The second-order valence-electron chi connectivity index (χ2n) is 5.76. The minimum Gasteiger partial charge on any atom is -0.497 e. The summed E-state index contributed by atoms with van der Waals surface area (Å²) in [6.45, 7) is 0. The maximum Gasteiger partial charge on any atom is 0.255 e. The third kappa shape index (κ3) is 4.45. The van der Waals surface area contributed by atoms with E-state index in [2.05, 4.69) is 15.6 Å². The number of hydrogen-bond donors (Lipinski definition) is 2. The molecule has 7 nitrogen and oxygen atoms in total. The molecule has 0 saturated carbocycles. The van der Waals surface area contributed by atoms with E-state index < -0.39 is 0 Å². The van der Waals surface area contributed by atoms with Gasteiger partial charge in [-0.25, -0.2) is 0 Å². The molecule has 1 heterocycles. The molecule has 28 heavy (non-hydrogen) atoms. The van der Waals surface area contributed by atoms with Crippen molar-refractivity contribution in [3.63, 3.8) is 0 Å². The van der Waals surface area contributed by atoms with Gasteiger partial charge in [0.2, 0.25) is 0 Å². The monoisotopic (exact) mass is 377 g/mol. The van der Waals surface area contributed by atoms with Gasteiger partial charge in [0.1, 0.15) is 17.2 Å². The number of pyridine rings is 1. The Morgan fingerprint density at radius 2 is 1.68 bits per heavy atom. The van der Waals surface area contributed by atoms with E-state index in [1.807, 2.05) is 0 Å². The molecular weight excluding hydrogens is 358 g/mol. The fourth-order valence-electron chi connectivity index (χ4n) is 2.49. The summed E-state index contributed by atoms with van der Waals surface area (Å²) in [6.07, 6.45) is 3.26. The van der Waals surface area contributed by atoms with Crippen molar-refractivity contribution < 1.29 is 19.1 Å². The SMILES string of the molecule is CNC(=O)c1cc(OC)ccc1NC(=O)c1ccc(Oc2cccnc2)cc1. The van der Waals surface area contributed by atoms with Crippen molar-refractivity contribution in [3.8, 4) is 17.2 Å². The molecular formula is C21H19N3O4. The van der Waals surface area contributed by atoms with Gasteiger partial charge >= 0.3 is 0 Å². The molecule has 2 amide bonds. The lowest BCUT2D eigenvalue weighted by molar-refractivity contribution is 0.0963. The Labute approximate surface area is 162 Å². The number of carbonyl (C=O) groups is 2. The van der Waals surface area contributed by atoms with E-state index in [1.165, 1.54) is 14.2 Å². The molecule has 1 aromatic heterocycles. The summed E-state index contributed by atoms with van der Waals surface area (Å²) in [4.78, 5) is 28.7. The van der Waals surface area contributed by atoms with E-state index in [0.717, 1.165) is 0 Å². The predicted octanol–water partition coefficient (Wildman–Crippen LogP) is 3.49. The average molecular weight is 377 g/mol. The van der Waals surface area contributed by atoms with E-state index in [-0.39, 0.29) is 11.8 Å². The fourth-order valence-corrected chi connectivity index (χ4v) is 2.49. The number of anilines is 1. The zero-order valence-corrected chi connectivity index (χ0v) is 15.4. The van der Waals surface area contributed by atoms with E-state index in [4.69, 9.17) is 9.47 Å². The number of ether oxygens (including phenoxy) is 2. The molecule has 0 unspecified atom stereocenters.